The minimum absolute atomic E-state index is 0.179. The average molecular weight is 526 g/mol. The fraction of sp³-hybridized carbons (Fsp3) is 0.417. The van der Waals surface area contributed by atoms with Gasteiger partial charge in [-0.25, -0.2) is 0 Å². The van der Waals surface area contributed by atoms with Gasteiger partial charge in [-0.05, 0) is 46.8 Å². The number of azo groups is 1. The van der Waals surface area contributed by atoms with Crippen LogP contribution in [0.25, 0.3) is 0 Å². The first kappa shape index (κ1) is 28.2. The predicted octanol–water partition coefficient (Wildman–Crippen LogP) is 6.27. The Bertz CT molecular complexity index is 1080. The molecule has 0 aromatic heterocycles. The van der Waals surface area contributed by atoms with Crippen LogP contribution in [-0.4, -0.2) is 44.2 Å². The molecule has 1 amide bonds. The van der Waals surface area contributed by atoms with Gasteiger partial charge in [-0.3, -0.25) is 9.59 Å². The quantitative estimate of drug-likeness (QED) is 0.244. The summed E-state index contributed by atoms with van der Waals surface area (Å²) >= 11 is 12.8. The van der Waals surface area contributed by atoms with E-state index in [0.29, 0.717) is 43.7 Å². The number of Topliss-reactive ketones (excluding diaryl/α,β-unsaturated/α-hetero) is 1. The summed E-state index contributed by atoms with van der Waals surface area (Å²) in [5.74, 6) is 0.202. The molecule has 190 valence electrons. The van der Waals surface area contributed by atoms with Gasteiger partial charge in [-0.2, -0.15) is 10.2 Å². The molecule has 2 rings (SSSR count). The Morgan fingerprint density at radius 2 is 1.51 bits per heavy atom. The third-order valence-electron chi connectivity index (χ3n) is 4.43. The number of amides is 1. The summed E-state index contributed by atoms with van der Waals surface area (Å²) in [7, 11) is 0. The lowest BCUT2D eigenvalue weighted by Crippen LogP contribution is -2.32. The molecule has 11 heteroatoms. The maximum absolute atomic E-state index is 13.0. The Morgan fingerprint density at radius 1 is 0.886 bits per heavy atom. The summed E-state index contributed by atoms with van der Waals surface area (Å²) in [4.78, 5) is 25.2. The Balaban J connectivity index is 2.37. The lowest BCUT2D eigenvalue weighted by molar-refractivity contribution is -0.126. The Kier molecular flexibility index (Phi) is 11.1. The highest BCUT2D eigenvalue weighted by Crippen LogP contribution is 2.41. The third kappa shape index (κ3) is 7.47. The SMILES string of the molecule is CCOc1cc(N=NC(C(C)=O)C(=O)Nc2ccc(OCC)c(Cl)c2OCC)c(Cl)c(OCC)c1. The first-order valence-corrected chi connectivity index (χ1v) is 11.9. The van der Waals surface area contributed by atoms with Crippen LogP contribution in [0.15, 0.2) is 34.5 Å². The molecule has 0 fully saturated rings. The maximum atomic E-state index is 13.0. The van der Waals surface area contributed by atoms with Crippen LogP contribution >= 0.6 is 23.2 Å². The van der Waals surface area contributed by atoms with Gasteiger partial charge in [0.2, 0.25) is 6.04 Å². The van der Waals surface area contributed by atoms with E-state index in [-0.39, 0.29) is 27.2 Å². The summed E-state index contributed by atoms with van der Waals surface area (Å²) in [5, 5.41) is 11.1. The molecule has 9 nitrogen and oxygen atoms in total. The molecule has 1 N–H and O–H groups in total. The number of halogens is 2. The Morgan fingerprint density at radius 3 is 2.11 bits per heavy atom. The number of hydrogen-bond donors (Lipinski definition) is 1. The molecule has 2 aromatic rings. The van der Waals surface area contributed by atoms with Crippen molar-refractivity contribution in [2.75, 3.05) is 31.7 Å². The van der Waals surface area contributed by atoms with Crippen molar-refractivity contribution in [2.45, 2.75) is 40.7 Å². The van der Waals surface area contributed by atoms with Crippen molar-refractivity contribution in [1.29, 1.82) is 0 Å². The van der Waals surface area contributed by atoms with Gasteiger partial charge in [-0.1, -0.05) is 23.2 Å². The topological polar surface area (TPSA) is 108 Å². The van der Waals surface area contributed by atoms with Crippen LogP contribution in [0.4, 0.5) is 11.4 Å². The van der Waals surface area contributed by atoms with Crippen LogP contribution < -0.4 is 24.3 Å². The molecule has 35 heavy (non-hydrogen) atoms. The number of nitrogens with one attached hydrogen (secondary N) is 1. The van der Waals surface area contributed by atoms with Crippen molar-refractivity contribution in [1.82, 2.24) is 0 Å². The van der Waals surface area contributed by atoms with Gasteiger partial charge in [0.05, 0.1) is 32.1 Å². The summed E-state index contributed by atoms with van der Waals surface area (Å²) in [6.07, 6.45) is 0. The zero-order chi connectivity index (χ0) is 26.0. The number of anilines is 1. The molecule has 0 radical (unpaired) electrons. The lowest BCUT2D eigenvalue weighted by Gasteiger charge is -2.17. The highest BCUT2D eigenvalue weighted by molar-refractivity contribution is 6.34. The standard InChI is InChI=1S/C24H29Cl2N3O6/c1-6-32-15-12-17(20(25)19(13-15)34-8-3)28-29-22(14(5)30)24(31)27-16-10-11-18(33-7-2)21(26)23(16)35-9-4/h10-13,22H,6-9H2,1-5H3,(H,27,31). The minimum atomic E-state index is -1.45. The van der Waals surface area contributed by atoms with Gasteiger partial charge in [0.15, 0.2) is 11.5 Å². The van der Waals surface area contributed by atoms with E-state index in [2.05, 4.69) is 15.5 Å². The van der Waals surface area contributed by atoms with Gasteiger partial charge in [-0.15, -0.1) is 0 Å². The van der Waals surface area contributed by atoms with Gasteiger partial charge < -0.3 is 24.3 Å². The number of benzene rings is 2. The number of carbonyl (C=O) groups is 2. The second-order valence-electron chi connectivity index (χ2n) is 6.96. The molecule has 0 saturated heterocycles. The number of nitrogens with zero attached hydrogens (tertiary/aromatic N) is 2. The van der Waals surface area contributed by atoms with E-state index in [1.807, 2.05) is 20.8 Å². The number of ketones is 1. The van der Waals surface area contributed by atoms with E-state index in [4.69, 9.17) is 42.1 Å². The fourth-order valence-corrected chi connectivity index (χ4v) is 3.45. The first-order chi connectivity index (χ1) is 16.8. The minimum Gasteiger partial charge on any atom is -0.494 e. The normalized spacial score (nSPS) is 11.7. The molecule has 2 aromatic carbocycles. The van der Waals surface area contributed by atoms with Crippen molar-refractivity contribution >= 4 is 46.3 Å². The predicted molar refractivity (Wildman–Crippen MR) is 135 cm³/mol. The number of rotatable bonds is 13. The molecule has 0 aliphatic rings. The van der Waals surface area contributed by atoms with E-state index in [0.717, 1.165) is 0 Å². The van der Waals surface area contributed by atoms with Gasteiger partial charge in [0, 0.05) is 12.1 Å². The highest BCUT2D eigenvalue weighted by Gasteiger charge is 2.26. The van der Waals surface area contributed by atoms with Gasteiger partial charge >= 0.3 is 0 Å². The van der Waals surface area contributed by atoms with Crippen molar-refractivity contribution < 1.29 is 28.5 Å². The Labute approximate surface area is 214 Å². The third-order valence-corrected chi connectivity index (χ3v) is 5.16. The summed E-state index contributed by atoms with van der Waals surface area (Å²) in [6, 6.07) is 4.91. The Hall–Kier alpha value is -3.04. The van der Waals surface area contributed by atoms with Crippen LogP contribution in [0.3, 0.4) is 0 Å². The van der Waals surface area contributed by atoms with Crippen LogP contribution in [0.2, 0.25) is 10.0 Å². The smallest absolute Gasteiger partial charge is 0.258 e. The molecule has 1 atom stereocenters. The summed E-state index contributed by atoms with van der Waals surface area (Å²) in [5.41, 5.74) is 0.459. The summed E-state index contributed by atoms with van der Waals surface area (Å²) < 4.78 is 22.1. The van der Waals surface area contributed by atoms with Gasteiger partial charge in [0.1, 0.15) is 33.0 Å². The fourth-order valence-electron chi connectivity index (χ4n) is 2.97. The first-order valence-electron chi connectivity index (χ1n) is 11.2. The molecule has 0 aliphatic carbocycles. The second kappa shape index (κ2) is 13.7. The number of hydrogen-bond acceptors (Lipinski definition) is 8. The zero-order valence-corrected chi connectivity index (χ0v) is 21.8. The van der Waals surface area contributed by atoms with Crippen molar-refractivity contribution in [3.05, 3.63) is 34.3 Å². The molecule has 1 unspecified atom stereocenters. The van der Waals surface area contributed by atoms with E-state index in [9.17, 15) is 9.59 Å². The lowest BCUT2D eigenvalue weighted by atomic mass is 10.2. The van der Waals surface area contributed by atoms with E-state index < -0.39 is 17.7 Å². The van der Waals surface area contributed by atoms with Crippen molar-refractivity contribution in [3.63, 3.8) is 0 Å². The molecule has 0 spiro atoms. The molecule has 0 bridgehead atoms. The zero-order valence-electron chi connectivity index (χ0n) is 20.3. The highest BCUT2D eigenvalue weighted by atomic mass is 35.5. The van der Waals surface area contributed by atoms with E-state index in [1.165, 1.54) is 6.92 Å². The summed E-state index contributed by atoms with van der Waals surface area (Å²) in [6.45, 7) is 9.96. The van der Waals surface area contributed by atoms with Crippen LogP contribution in [0.1, 0.15) is 34.6 Å². The van der Waals surface area contributed by atoms with Crippen molar-refractivity contribution in [3.8, 4) is 23.0 Å². The van der Waals surface area contributed by atoms with Crippen molar-refractivity contribution in [2.24, 2.45) is 10.2 Å². The molecule has 0 aliphatic heterocycles. The van der Waals surface area contributed by atoms with Crippen LogP contribution in [0.5, 0.6) is 23.0 Å². The average Bonchev–Trinajstić information content (AvgIpc) is 2.81. The molecule has 0 saturated carbocycles. The monoisotopic (exact) mass is 525 g/mol. The van der Waals surface area contributed by atoms with Crippen LogP contribution in [0, 0.1) is 0 Å². The largest absolute Gasteiger partial charge is 0.494 e. The molecule has 0 heterocycles. The molecular formula is C24H29Cl2N3O6. The van der Waals surface area contributed by atoms with Crippen LogP contribution in [-0.2, 0) is 9.59 Å². The molecular weight excluding hydrogens is 497 g/mol. The van der Waals surface area contributed by atoms with E-state index in [1.54, 1.807) is 31.2 Å². The number of ether oxygens (including phenoxy) is 4. The second-order valence-corrected chi connectivity index (χ2v) is 7.71. The maximum Gasteiger partial charge on any atom is 0.258 e. The number of carbonyl (C=O) groups excluding carboxylic acids is 2. The van der Waals surface area contributed by atoms with E-state index >= 15 is 0 Å². The van der Waals surface area contributed by atoms with Gasteiger partial charge in [0.25, 0.3) is 5.91 Å².